The summed E-state index contributed by atoms with van der Waals surface area (Å²) in [5.74, 6) is -0.790. The van der Waals surface area contributed by atoms with Crippen LogP contribution in [0.4, 0.5) is 19.3 Å². The number of nitrogens with zero attached hydrogens (tertiary/aromatic N) is 3. The molecule has 3 heterocycles. The summed E-state index contributed by atoms with van der Waals surface area (Å²) in [5, 5.41) is 2.94. The number of halogens is 3. The molecule has 1 saturated heterocycles. The Morgan fingerprint density at radius 1 is 1.08 bits per heavy atom. The highest BCUT2D eigenvalue weighted by Gasteiger charge is 2.46. The van der Waals surface area contributed by atoms with Gasteiger partial charge in [-0.3, -0.25) is 9.80 Å². The quantitative estimate of drug-likeness (QED) is 0.401. The average molecular weight is 553 g/mol. The minimum atomic E-state index is -0.559. The molecule has 2 amide bonds. The summed E-state index contributed by atoms with van der Waals surface area (Å²) in [7, 11) is 0. The van der Waals surface area contributed by atoms with Crippen LogP contribution >= 0.6 is 15.9 Å². The number of rotatable bonds is 5. The monoisotopic (exact) mass is 552 g/mol. The van der Waals surface area contributed by atoms with Crippen molar-refractivity contribution in [1.29, 1.82) is 0 Å². The molecule has 2 aliphatic rings. The Labute approximate surface area is 218 Å². The molecule has 1 aromatic heterocycles. The Balaban J connectivity index is 1.24. The molecule has 5 nitrogen and oxygen atoms in total. The van der Waals surface area contributed by atoms with Crippen LogP contribution in [0.5, 0.6) is 0 Å². The third-order valence-corrected chi connectivity index (χ3v) is 7.61. The van der Waals surface area contributed by atoms with Crippen molar-refractivity contribution in [2.24, 2.45) is 0 Å². The lowest BCUT2D eigenvalue weighted by molar-refractivity contribution is 0.180. The maximum atomic E-state index is 13.4. The lowest BCUT2D eigenvalue weighted by atomic mass is 9.74. The van der Waals surface area contributed by atoms with Crippen molar-refractivity contribution in [2.75, 3.05) is 31.1 Å². The van der Waals surface area contributed by atoms with Crippen molar-refractivity contribution in [1.82, 2.24) is 15.2 Å². The number of anilines is 1. The molecule has 0 atom stereocenters. The number of hydrogen-bond acceptors (Lipinski definition) is 3. The predicted octanol–water partition coefficient (Wildman–Crippen LogP) is 5.90. The standard InChI is InChI=1S/C28H27BrF2N4O/c29-22-5-8-25-24(17-22)28(19-35(25)27(36)33-18-21-9-12-32-26(31)16-21)10-14-34(15-11-28)13-1-2-20-3-6-23(30)7-4-20/h1-9,12,16-17H,10-11,13-15,18-19H2,(H,33,36)/b2-1+. The first-order valence-corrected chi connectivity index (χ1v) is 12.8. The number of hydrogen-bond donors (Lipinski definition) is 1. The van der Waals surface area contributed by atoms with Crippen LogP contribution in [0.1, 0.15) is 29.5 Å². The highest BCUT2D eigenvalue weighted by Crippen LogP contribution is 2.48. The molecule has 0 aliphatic carbocycles. The summed E-state index contributed by atoms with van der Waals surface area (Å²) < 4.78 is 27.5. The largest absolute Gasteiger partial charge is 0.334 e. The number of pyridine rings is 1. The van der Waals surface area contributed by atoms with Crippen molar-refractivity contribution in [3.05, 3.63) is 99.8 Å². The number of urea groups is 1. The number of amides is 2. The molecule has 1 N–H and O–H groups in total. The zero-order valence-corrected chi connectivity index (χ0v) is 21.3. The third-order valence-electron chi connectivity index (χ3n) is 7.12. The van der Waals surface area contributed by atoms with Gasteiger partial charge in [0, 0.05) is 41.4 Å². The molecule has 36 heavy (non-hydrogen) atoms. The first kappa shape index (κ1) is 24.6. The van der Waals surface area contributed by atoms with Gasteiger partial charge in [0.05, 0.1) is 0 Å². The zero-order chi connectivity index (χ0) is 25.1. The average Bonchev–Trinajstić information content (AvgIpc) is 3.18. The number of fused-ring (bicyclic) bond motifs is 2. The smallest absolute Gasteiger partial charge is 0.322 e. The molecule has 0 bridgehead atoms. The van der Waals surface area contributed by atoms with Crippen LogP contribution in [0.15, 0.2) is 71.3 Å². The lowest BCUT2D eigenvalue weighted by Gasteiger charge is -2.39. The van der Waals surface area contributed by atoms with Gasteiger partial charge in [-0.2, -0.15) is 4.39 Å². The van der Waals surface area contributed by atoms with Crippen molar-refractivity contribution in [3.8, 4) is 0 Å². The van der Waals surface area contributed by atoms with Crippen molar-refractivity contribution >= 4 is 33.7 Å². The summed E-state index contributed by atoms with van der Waals surface area (Å²) in [6, 6.07) is 15.4. The Bertz CT molecular complexity index is 1270. The Morgan fingerprint density at radius 3 is 2.61 bits per heavy atom. The highest BCUT2D eigenvalue weighted by atomic mass is 79.9. The van der Waals surface area contributed by atoms with Crippen LogP contribution in [-0.4, -0.2) is 42.1 Å². The number of carbonyl (C=O) groups excluding carboxylic acids is 1. The van der Waals surface area contributed by atoms with Gasteiger partial charge in [-0.05, 0) is 85.1 Å². The summed E-state index contributed by atoms with van der Waals surface area (Å²) in [6.45, 7) is 3.53. The van der Waals surface area contributed by atoms with E-state index in [1.165, 1.54) is 30.0 Å². The van der Waals surface area contributed by atoms with E-state index in [-0.39, 0.29) is 23.8 Å². The van der Waals surface area contributed by atoms with Gasteiger partial charge in [-0.1, -0.05) is 40.2 Å². The fourth-order valence-electron chi connectivity index (χ4n) is 5.15. The molecule has 3 aromatic rings. The fraction of sp³-hybridized carbons (Fsp3) is 0.286. The van der Waals surface area contributed by atoms with Crippen molar-refractivity contribution in [2.45, 2.75) is 24.8 Å². The summed E-state index contributed by atoms with van der Waals surface area (Å²) in [5.41, 5.74) is 3.68. The Kier molecular flexibility index (Phi) is 7.16. The van der Waals surface area contributed by atoms with Gasteiger partial charge >= 0.3 is 6.03 Å². The molecule has 0 unspecified atom stereocenters. The minimum Gasteiger partial charge on any atom is -0.334 e. The molecular weight excluding hydrogens is 526 g/mol. The van der Waals surface area contributed by atoms with E-state index < -0.39 is 5.95 Å². The molecule has 2 aromatic carbocycles. The summed E-state index contributed by atoms with van der Waals surface area (Å²) in [4.78, 5) is 21.0. The van der Waals surface area contributed by atoms with E-state index in [1.807, 2.05) is 23.1 Å². The van der Waals surface area contributed by atoms with E-state index in [0.29, 0.717) is 12.1 Å². The van der Waals surface area contributed by atoms with Crippen LogP contribution in [0.3, 0.4) is 0 Å². The van der Waals surface area contributed by atoms with Gasteiger partial charge in [-0.15, -0.1) is 0 Å². The van der Waals surface area contributed by atoms with E-state index in [9.17, 15) is 13.6 Å². The van der Waals surface area contributed by atoms with Gasteiger partial charge in [0.2, 0.25) is 5.95 Å². The molecule has 1 fully saturated rings. The normalized spacial score (nSPS) is 17.0. The highest BCUT2D eigenvalue weighted by molar-refractivity contribution is 9.10. The summed E-state index contributed by atoms with van der Waals surface area (Å²) in [6.07, 6.45) is 7.43. The molecule has 0 saturated carbocycles. The molecular formula is C28H27BrF2N4O. The maximum absolute atomic E-state index is 13.4. The third kappa shape index (κ3) is 5.34. The number of piperidine rings is 1. The van der Waals surface area contributed by atoms with E-state index in [1.54, 1.807) is 18.2 Å². The molecule has 186 valence electrons. The first-order valence-electron chi connectivity index (χ1n) is 12.0. The number of carbonyl (C=O) groups is 1. The van der Waals surface area contributed by atoms with E-state index >= 15 is 0 Å². The second-order valence-corrected chi connectivity index (χ2v) is 10.3. The van der Waals surface area contributed by atoms with Crippen LogP contribution in [-0.2, 0) is 12.0 Å². The SMILES string of the molecule is O=C(NCc1ccnc(F)c1)N1CC2(CCN(C/C=C/c3ccc(F)cc3)CC2)c2cc(Br)ccc21. The second-order valence-electron chi connectivity index (χ2n) is 9.43. The molecule has 2 aliphatic heterocycles. The van der Waals surface area contributed by atoms with E-state index in [0.717, 1.165) is 48.2 Å². The molecule has 1 spiro atoms. The topological polar surface area (TPSA) is 48.5 Å². The number of likely N-dealkylation sites (tertiary alicyclic amines) is 1. The zero-order valence-electron chi connectivity index (χ0n) is 19.8. The van der Waals surface area contributed by atoms with Crippen LogP contribution in [0, 0.1) is 11.8 Å². The van der Waals surface area contributed by atoms with Gasteiger partial charge in [0.25, 0.3) is 0 Å². The molecule has 8 heteroatoms. The Morgan fingerprint density at radius 2 is 1.86 bits per heavy atom. The fourth-order valence-corrected chi connectivity index (χ4v) is 5.51. The van der Waals surface area contributed by atoms with Gasteiger partial charge in [0.1, 0.15) is 5.82 Å². The van der Waals surface area contributed by atoms with Crippen LogP contribution < -0.4 is 10.2 Å². The van der Waals surface area contributed by atoms with Crippen LogP contribution in [0.25, 0.3) is 6.08 Å². The first-order chi connectivity index (χ1) is 17.4. The second kappa shape index (κ2) is 10.5. The Hall–Kier alpha value is -3.10. The molecule has 5 rings (SSSR count). The van der Waals surface area contributed by atoms with Gasteiger partial charge < -0.3 is 5.32 Å². The van der Waals surface area contributed by atoms with E-state index in [4.69, 9.17) is 0 Å². The lowest BCUT2D eigenvalue weighted by Crippen LogP contribution is -2.47. The number of nitrogens with one attached hydrogen (secondary N) is 1. The van der Waals surface area contributed by atoms with Gasteiger partial charge in [0.15, 0.2) is 0 Å². The summed E-state index contributed by atoms with van der Waals surface area (Å²) >= 11 is 3.61. The number of aromatic nitrogens is 1. The van der Waals surface area contributed by atoms with Crippen molar-refractivity contribution in [3.63, 3.8) is 0 Å². The van der Waals surface area contributed by atoms with Crippen LogP contribution in [0.2, 0.25) is 0 Å². The van der Waals surface area contributed by atoms with E-state index in [2.05, 4.69) is 43.3 Å². The van der Waals surface area contributed by atoms with Gasteiger partial charge in [-0.25, -0.2) is 14.2 Å². The van der Waals surface area contributed by atoms with Crippen molar-refractivity contribution < 1.29 is 13.6 Å². The molecule has 0 radical (unpaired) electrons. The predicted molar refractivity (Wildman–Crippen MR) is 141 cm³/mol. The maximum Gasteiger partial charge on any atom is 0.322 e. The minimum absolute atomic E-state index is 0.101. The number of benzene rings is 2.